The van der Waals surface area contributed by atoms with Crippen molar-refractivity contribution >= 4 is 28.4 Å². The van der Waals surface area contributed by atoms with Gasteiger partial charge in [-0.3, -0.25) is 4.79 Å². The molecule has 1 nitrogen and oxygen atoms in total. The van der Waals surface area contributed by atoms with Crippen molar-refractivity contribution in [3.8, 4) is 0 Å². The Balaban J connectivity index is 2.07. The largest absolute Gasteiger partial charge is 0.294 e. The van der Waals surface area contributed by atoms with Gasteiger partial charge in [-0.05, 0) is 47.1 Å². The van der Waals surface area contributed by atoms with E-state index in [2.05, 4.69) is 34.7 Å². The summed E-state index contributed by atoms with van der Waals surface area (Å²) in [5.74, 6) is 0.229. The fraction of sp³-hybridized carbons (Fsp3) is 0.188. The van der Waals surface area contributed by atoms with Gasteiger partial charge in [0.25, 0.3) is 0 Å². The van der Waals surface area contributed by atoms with E-state index in [4.69, 9.17) is 0 Å². The fourth-order valence-corrected chi connectivity index (χ4v) is 2.56. The number of hydrogen-bond donors (Lipinski definition) is 0. The lowest BCUT2D eigenvalue weighted by Crippen LogP contribution is -2.04. The summed E-state index contributed by atoms with van der Waals surface area (Å²) >= 11 is 2.25. The van der Waals surface area contributed by atoms with Crippen LogP contribution in [0.5, 0.6) is 0 Å². The highest BCUT2D eigenvalue weighted by Crippen LogP contribution is 2.19. The van der Waals surface area contributed by atoms with Gasteiger partial charge in [0.05, 0.1) is 0 Å². The Morgan fingerprint density at radius 3 is 2.50 bits per heavy atom. The van der Waals surface area contributed by atoms with Gasteiger partial charge in [0, 0.05) is 15.6 Å². The normalized spacial score (nSPS) is 10.3. The maximum atomic E-state index is 12.2. The zero-order chi connectivity index (χ0) is 13.0. The predicted molar refractivity (Wildman–Crippen MR) is 83.0 cm³/mol. The maximum Gasteiger partial charge on any atom is 0.164 e. The van der Waals surface area contributed by atoms with Crippen molar-refractivity contribution in [1.29, 1.82) is 0 Å². The van der Waals surface area contributed by atoms with Crippen molar-refractivity contribution in [2.75, 3.05) is 0 Å². The first-order valence-corrected chi connectivity index (χ1v) is 7.08. The van der Waals surface area contributed by atoms with Crippen molar-refractivity contribution in [2.45, 2.75) is 19.8 Å². The molecule has 2 heteroatoms. The zero-order valence-electron chi connectivity index (χ0n) is 10.3. The third-order valence-corrected chi connectivity index (χ3v) is 4.41. The molecule has 92 valence electrons. The number of carbonyl (C=O) groups is 1. The molecule has 2 aromatic carbocycles. The van der Waals surface area contributed by atoms with Crippen molar-refractivity contribution in [1.82, 2.24) is 0 Å². The lowest BCUT2D eigenvalue weighted by molar-refractivity contribution is 0.0982. The smallest absolute Gasteiger partial charge is 0.164 e. The monoisotopic (exact) mass is 350 g/mol. The highest BCUT2D eigenvalue weighted by Gasteiger charge is 2.11. The van der Waals surface area contributed by atoms with E-state index in [1.54, 1.807) is 0 Å². The Morgan fingerprint density at radius 1 is 1.06 bits per heavy atom. The molecule has 2 rings (SSSR count). The molecule has 0 aromatic heterocycles. The van der Waals surface area contributed by atoms with Crippen molar-refractivity contribution < 1.29 is 4.79 Å². The fourth-order valence-electron chi connectivity index (χ4n) is 1.90. The summed E-state index contributed by atoms with van der Waals surface area (Å²) in [4.78, 5) is 12.2. The number of hydrogen-bond acceptors (Lipinski definition) is 1. The molecular weight excluding hydrogens is 335 g/mol. The first kappa shape index (κ1) is 13.3. The van der Waals surface area contributed by atoms with Crippen LogP contribution in [0.1, 0.15) is 27.9 Å². The van der Waals surface area contributed by atoms with Gasteiger partial charge in [-0.25, -0.2) is 0 Å². The quantitative estimate of drug-likeness (QED) is 0.590. The van der Waals surface area contributed by atoms with E-state index < -0.39 is 0 Å². The first-order valence-electron chi connectivity index (χ1n) is 6.00. The molecule has 0 N–H and O–H groups in total. The average Bonchev–Trinajstić information content (AvgIpc) is 2.40. The molecule has 0 atom stereocenters. The lowest BCUT2D eigenvalue weighted by Gasteiger charge is -2.06. The van der Waals surface area contributed by atoms with Gasteiger partial charge in [0.15, 0.2) is 5.78 Å². The van der Waals surface area contributed by atoms with Crippen molar-refractivity contribution in [3.63, 3.8) is 0 Å². The van der Waals surface area contributed by atoms with Gasteiger partial charge in [0.1, 0.15) is 0 Å². The number of ketones is 1. The molecule has 0 radical (unpaired) electrons. The van der Waals surface area contributed by atoms with Crippen LogP contribution in [0.25, 0.3) is 0 Å². The van der Waals surface area contributed by atoms with Crippen LogP contribution >= 0.6 is 22.6 Å². The van der Waals surface area contributed by atoms with E-state index in [0.717, 1.165) is 15.6 Å². The highest BCUT2D eigenvalue weighted by atomic mass is 127. The summed E-state index contributed by atoms with van der Waals surface area (Å²) in [6.07, 6.45) is 1.38. The maximum absolute atomic E-state index is 12.2. The summed E-state index contributed by atoms with van der Waals surface area (Å²) < 4.78 is 1.08. The molecule has 0 saturated carbocycles. The Bertz CT molecular complexity index is 546. The molecule has 0 saturated heterocycles. The molecule has 0 spiro atoms. The molecule has 0 fully saturated rings. The molecule has 0 aliphatic carbocycles. The number of Topliss-reactive ketones (excluding diaryl/α,β-unsaturated/α-hetero) is 1. The molecule has 0 aliphatic heterocycles. The number of carbonyl (C=O) groups excluding carboxylic acids is 1. The van der Waals surface area contributed by atoms with E-state index in [1.165, 1.54) is 11.1 Å². The molecule has 0 unspecified atom stereocenters. The second-order valence-corrected chi connectivity index (χ2v) is 5.42. The van der Waals surface area contributed by atoms with Gasteiger partial charge in [0.2, 0.25) is 0 Å². The lowest BCUT2D eigenvalue weighted by atomic mass is 10.0. The summed E-state index contributed by atoms with van der Waals surface area (Å²) in [6, 6.07) is 16.1. The van der Waals surface area contributed by atoms with Crippen LogP contribution in [0, 0.1) is 10.5 Å². The van der Waals surface area contributed by atoms with Gasteiger partial charge < -0.3 is 0 Å². The van der Waals surface area contributed by atoms with E-state index in [1.807, 2.05) is 43.3 Å². The van der Waals surface area contributed by atoms with Crippen LogP contribution in [0.3, 0.4) is 0 Å². The topological polar surface area (TPSA) is 17.1 Å². The predicted octanol–water partition coefficient (Wildman–Crippen LogP) is 4.42. The standard InChI is InChI=1S/C16H15IO/c1-12-6-5-9-14(16(12)17)15(18)11-10-13-7-3-2-4-8-13/h2-9H,10-11H2,1H3. The molecular formula is C16H15IO. The molecule has 0 amide bonds. The summed E-state index contributed by atoms with van der Waals surface area (Å²) in [6.45, 7) is 2.04. The molecule has 18 heavy (non-hydrogen) atoms. The Labute approximate surface area is 121 Å². The minimum Gasteiger partial charge on any atom is -0.294 e. The second kappa shape index (κ2) is 6.14. The number of rotatable bonds is 4. The molecule has 0 bridgehead atoms. The zero-order valence-corrected chi connectivity index (χ0v) is 12.5. The van der Waals surface area contributed by atoms with E-state index in [0.29, 0.717) is 6.42 Å². The Hall–Kier alpha value is -1.16. The van der Waals surface area contributed by atoms with Crippen LogP contribution in [0.2, 0.25) is 0 Å². The van der Waals surface area contributed by atoms with E-state index in [-0.39, 0.29) is 5.78 Å². The summed E-state index contributed by atoms with van der Waals surface area (Å²) in [5.41, 5.74) is 3.24. The van der Waals surface area contributed by atoms with Gasteiger partial charge >= 0.3 is 0 Å². The first-order chi connectivity index (χ1) is 8.68. The van der Waals surface area contributed by atoms with Gasteiger partial charge in [-0.15, -0.1) is 0 Å². The third-order valence-electron chi connectivity index (χ3n) is 2.98. The van der Waals surface area contributed by atoms with E-state index >= 15 is 0 Å². The number of halogens is 1. The second-order valence-electron chi connectivity index (χ2n) is 4.35. The van der Waals surface area contributed by atoms with Crippen molar-refractivity contribution in [2.24, 2.45) is 0 Å². The van der Waals surface area contributed by atoms with Crippen LogP contribution in [0.15, 0.2) is 48.5 Å². The minimum absolute atomic E-state index is 0.229. The summed E-state index contributed by atoms with van der Waals surface area (Å²) in [7, 11) is 0. The minimum atomic E-state index is 0.229. The molecule has 0 heterocycles. The van der Waals surface area contributed by atoms with E-state index in [9.17, 15) is 4.79 Å². The Morgan fingerprint density at radius 2 is 1.78 bits per heavy atom. The van der Waals surface area contributed by atoms with Gasteiger partial charge in [-0.2, -0.15) is 0 Å². The summed E-state index contributed by atoms with van der Waals surface area (Å²) in [5, 5.41) is 0. The molecule has 0 aliphatic rings. The van der Waals surface area contributed by atoms with Crippen LogP contribution in [-0.4, -0.2) is 5.78 Å². The van der Waals surface area contributed by atoms with Crippen LogP contribution in [0.4, 0.5) is 0 Å². The highest BCUT2D eigenvalue weighted by molar-refractivity contribution is 14.1. The Kier molecular flexibility index (Phi) is 4.53. The van der Waals surface area contributed by atoms with Crippen molar-refractivity contribution in [3.05, 3.63) is 68.8 Å². The van der Waals surface area contributed by atoms with Gasteiger partial charge in [-0.1, -0.05) is 48.5 Å². The van der Waals surface area contributed by atoms with Crippen LogP contribution < -0.4 is 0 Å². The number of aryl methyl sites for hydroxylation is 2. The number of benzene rings is 2. The van der Waals surface area contributed by atoms with Crippen LogP contribution in [-0.2, 0) is 6.42 Å². The third kappa shape index (κ3) is 3.19. The molecule has 2 aromatic rings. The average molecular weight is 350 g/mol. The SMILES string of the molecule is Cc1cccc(C(=O)CCc2ccccc2)c1I.